The molecule has 2 aromatic rings. The number of fused-ring (bicyclic) bond motifs is 1. The van der Waals surface area contributed by atoms with E-state index in [1.807, 2.05) is 18.2 Å². The van der Waals surface area contributed by atoms with Gasteiger partial charge in [-0.25, -0.2) is 4.98 Å². The van der Waals surface area contributed by atoms with Gasteiger partial charge in [-0.3, -0.25) is 9.59 Å². The molecule has 0 atom stereocenters. The third kappa shape index (κ3) is 3.05. The van der Waals surface area contributed by atoms with E-state index in [4.69, 9.17) is 4.74 Å². The summed E-state index contributed by atoms with van der Waals surface area (Å²) in [5.74, 6) is 0.305. The molecule has 2 heterocycles. The number of anilines is 2. The van der Waals surface area contributed by atoms with Crippen molar-refractivity contribution in [2.45, 2.75) is 19.8 Å². The van der Waals surface area contributed by atoms with Gasteiger partial charge in [-0.2, -0.15) is 0 Å². The number of thiazole rings is 1. The molecule has 120 valence electrons. The van der Waals surface area contributed by atoms with Gasteiger partial charge in [0, 0.05) is 18.8 Å². The van der Waals surface area contributed by atoms with Crippen molar-refractivity contribution in [3.05, 3.63) is 34.8 Å². The fourth-order valence-electron chi connectivity index (χ4n) is 2.70. The smallest absolute Gasteiger partial charge is 0.277 e. The Kier molecular flexibility index (Phi) is 4.29. The van der Waals surface area contributed by atoms with Crippen LogP contribution in [-0.4, -0.2) is 30.5 Å². The van der Waals surface area contributed by atoms with Crippen molar-refractivity contribution in [3.63, 3.8) is 0 Å². The minimum atomic E-state index is -0.205. The zero-order valence-corrected chi connectivity index (χ0v) is 13.8. The lowest BCUT2D eigenvalue weighted by molar-refractivity contribution is -0.114. The second-order valence-electron chi connectivity index (χ2n) is 5.25. The number of benzene rings is 1. The van der Waals surface area contributed by atoms with Crippen molar-refractivity contribution in [2.75, 3.05) is 23.9 Å². The number of para-hydroxylation sites is 1. The van der Waals surface area contributed by atoms with Gasteiger partial charge in [0.05, 0.1) is 12.8 Å². The Morgan fingerprint density at radius 1 is 1.39 bits per heavy atom. The Labute approximate surface area is 138 Å². The summed E-state index contributed by atoms with van der Waals surface area (Å²) >= 11 is 1.24. The Bertz CT molecular complexity index is 743. The van der Waals surface area contributed by atoms with Gasteiger partial charge in [0.15, 0.2) is 5.13 Å². The zero-order chi connectivity index (χ0) is 16.4. The summed E-state index contributed by atoms with van der Waals surface area (Å²) < 4.78 is 5.42. The SMILES string of the molecule is COc1cccc2c1N(C(=O)c1csc(NC(C)=O)n1)CCC2. The van der Waals surface area contributed by atoms with Crippen LogP contribution in [0.1, 0.15) is 29.4 Å². The lowest BCUT2D eigenvalue weighted by Gasteiger charge is -2.30. The number of nitrogens with zero attached hydrogens (tertiary/aromatic N) is 2. The Morgan fingerprint density at radius 3 is 2.96 bits per heavy atom. The molecular weight excluding hydrogens is 314 g/mol. The third-order valence-corrected chi connectivity index (χ3v) is 4.41. The van der Waals surface area contributed by atoms with Crippen LogP contribution in [-0.2, 0) is 11.2 Å². The molecule has 1 N–H and O–H groups in total. The largest absolute Gasteiger partial charge is 0.495 e. The molecule has 0 radical (unpaired) electrons. The Balaban J connectivity index is 1.93. The molecule has 0 bridgehead atoms. The van der Waals surface area contributed by atoms with E-state index < -0.39 is 0 Å². The van der Waals surface area contributed by atoms with Gasteiger partial charge in [-0.1, -0.05) is 12.1 Å². The number of aryl methyl sites for hydroxylation is 1. The Hall–Kier alpha value is -2.41. The number of carbonyl (C=O) groups excluding carboxylic acids is 2. The molecule has 1 aromatic heterocycles. The molecule has 23 heavy (non-hydrogen) atoms. The minimum absolute atomic E-state index is 0.177. The van der Waals surface area contributed by atoms with Crippen molar-refractivity contribution in [2.24, 2.45) is 0 Å². The second-order valence-corrected chi connectivity index (χ2v) is 6.11. The van der Waals surface area contributed by atoms with Gasteiger partial charge < -0.3 is 15.0 Å². The van der Waals surface area contributed by atoms with Crippen LogP contribution in [0.25, 0.3) is 0 Å². The van der Waals surface area contributed by atoms with E-state index in [0.717, 1.165) is 24.1 Å². The predicted molar refractivity (Wildman–Crippen MR) is 89.4 cm³/mol. The van der Waals surface area contributed by atoms with Crippen LogP contribution in [0.15, 0.2) is 23.6 Å². The fourth-order valence-corrected chi connectivity index (χ4v) is 3.43. The molecule has 1 aromatic carbocycles. The molecule has 0 fully saturated rings. The van der Waals surface area contributed by atoms with Crippen molar-refractivity contribution >= 4 is 34.0 Å². The van der Waals surface area contributed by atoms with Gasteiger partial charge in [-0.05, 0) is 24.5 Å². The maximum Gasteiger partial charge on any atom is 0.277 e. The van der Waals surface area contributed by atoms with Crippen LogP contribution in [0.3, 0.4) is 0 Å². The van der Waals surface area contributed by atoms with Gasteiger partial charge in [-0.15, -0.1) is 11.3 Å². The van der Waals surface area contributed by atoms with Crippen LogP contribution in [0, 0.1) is 0 Å². The van der Waals surface area contributed by atoms with Crippen molar-refractivity contribution in [3.8, 4) is 5.75 Å². The molecule has 0 saturated heterocycles. The molecule has 0 aliphatic carbocycles. The molecule has 1 aliphatic heterocycles. The Morgan fingerprint density at radius 2 is 2.22 bits per heavy atom. The van der Waals surface area contributed by atoms with Gasteiger partial charge in [0.1, 0.15) is 11.4 Å². The van der Waals surface area contributed by atoms with Gasteiger partial charge in [0.2, 0.25) is 5.91 Å². The second kappa shape index (κ2) is 6.37. The first-order valence-corrected chi connectivity index (χ1v) is 8.19. The number of methoxy groups -OCH3 is 1. The molecular formula is C16H17N3O3S. The maximum atomic E-state index is 12.8. The maximum absolute atomic E-state index is 12.8. The van der Waals surface area contributed by atoms with E-state index in [9.17, 15) is 9.59 Å². The normalized spacial score (nSPS) is 13.4. The average molecular weight is 331 g/mol. The van der Waals surface area contributed by atoms with E-state index in [1.54, 1.807) is 17.4 Å². The summed E-state index contributed by atoms with van der Waals surface area (Å²) in [6.45, 7) is 2.04. The van der Waals surface area contributed by atoms with Crippen LogP contribution in [0.4, 0.5) is 10.8 Å². The molecule has 0 unspecified atom stereocenters. The summed E-state index contributed by atoms with van der Waals surface area (Å²) in [6.07, 6.45) is 1.82. The number of amides is 2. The molecule has 7 heteroatoms. The summed E-state index contributed by atoms with van der Waals surface area (Å²) in [5.41, 5.74) is 2.25. The molecule has 3 rings (SSSR count). The number of aromatic nitrogens is 1. The number of hydrogen-bond acceptors (Lipinski definition) is 5. The quantitative estimate of drug-likeness (QED) is 0.939. The lowest BCUT2D eigenvalue weighted by atomic mass is 10.0. The zero-order valence-electron chi connectivity index (χ0n) is 13.0. The number of rotatable bonds is 3. The highest BCUT2D eigenvalue weighted by Gasteiger charge is 2.28. The first-order chi connectivity index (χ1) is 11.1. The monoisotopic (exact) mass is 331 g/mol. The highest BCUT2D eigenvalue weighted by atomic mass is 32.1. The number of hydrogen-bond donors (Lipinski definition) is 1. The summed E-state index contributed by atoms with van der Waals surface area (Å²) in [7, 11) is 1.60. The summed E-state index contributed by atoms with van der Waals surface area (Å²) in [4.78, 5) is 29.8. The fraction of sp³-hybridized carbons (Fsp3) is 0.312. The lowest BCUT2D eigenvalue weighted by Crippen LogP contribution is -2.36. The van der Waals surface area contributed by atoms with Gasteiger partial charge >= 0.3 is 0 Å². The van der Waals surface area contributed by atoms with E-state index in [2.05, 4.69) is 10.3 Å². The first kappa shape index (κ1) is 15.5. The van der Waals surface area contributed by atoms with Crippen molar-refractivity contribution in [1.82, 2.24) is 4.98 Å². The summed E-state index contributed by atoms with van der Waals surface area (Å²) in [6, 6.07) is 5.80. The van der Waals surface area contributed by atoms with Crippen molar-refractivity contribution < 1.29 is 14.3 Å². The van der Waals surface area contributed by atoms with E-state index in [0.29, 0.717) is 23.1 Å². The average Bonchev–Trinajstić information content (AvgIpc) is 3.00. The molecule has 1 aliphatic rings. The molecule has 6 nitrogen and oxygen atoms in total. The predicted octanol–water partition coefficient (Wildman–Crippen LogP) is 2.70. The molecule has 0 saturated carbocycles. The van der Waals surface area contributed by atoms with Crippen LogP contribution in [0.2, 0.25) is 0 Å². The van der Waals surface area contributed by atoms with Crippen LogP contribution in [0.5, 0.6) is 5.75 Å². The van der Waals surface area contributed by atoms with E-state index in [-0.39, 0.29) is 11.8 Å². The number of carbonyl (C=O) groups is 2. The van der Waals surface area contributed by atoms with E-state index in [1.165, 1.54) is 18.3 Å². The van der Waals surface area contributed by atoms with Gasteiger partial charge in [0.25, 0.3) is 5.91 Å². The highest BCUT2D eigenvalue weighted by molar-refractivity contribution is 7.14. The topological polar surface area (TPSA) is 71.5 Å². The summed E-state index contributed by atoms with van der Waals surface area (Å²) in [5, 5.41) is 4.69. The molecule has 2 amide bonds. The third-order valence-electron chi connectivity index (χ3n) is 3.65. The number of ether oxygens (including phenoxy) is 1. The minimum Gasteiger partial charge on any atom is -0.495 e. The van der Waals surface area contributed by atoms with E-state index >= 15 is 0 Å². The van der Waals surface area contributed by atoms with Crippen LogP contribution >= 0.6 is 11.3 Å². The van der Waals surface area contributed by atoms with Crippen molar-refractivity contribution in [1.29, 1.82) is 0 Å². The first-order valence-electron chi connectivity index (χ1n) is 7.31. The standard InChI is InChI=1S/C16H17N3O3S/c1-10(20)17-16-18-12(9-23-16)15(21)19-8-4-6-11-5-3-7-13(22-2)14(11)19/h3,5,7,9H,4,6,8H2,1-2H3,(H,17,18,20). The highest BCUT2D eigenvalue weighted by Crippen LogP contribution is 2.37. The number of nitrogens with one attached hydrogen (secondary N) is 1. The molecule has 0 spiro atoms. The van der Waals surface area contributed by atoms with Crippen LogP contribution < -0.4 is 15.0 Å².